The normalized spacial score (nSPS) is 23.3. The zero-order valence-electron chi connectivity index (χ0n) is 24.0. The van der Waals surface area contributed by atoms with Gasteiger partial charge in [-0.15, -0.1) is 0 Å². The Labute approximate surface area is 224 Å². The minimum absolute atomic E-state index is 0.144. The Kier molecular flexibility index (Phi) is 7.95. The summed E-state index contributed by atoms with van der Waals surface area (Å²) in [6.07, 6.45) is 6.67. The molecule has 0 saturated carbocycles. The van der Waals surface area contributed by atoms with Crippen molar-refractivity contribution in [2.45, 2.75) is 122 Å². The van der Waals surface area contributed by atoms with Crippen molar-refractivity contribution < 1.29 is 18.6 Å². The average Bonchev–Trinajstić information content (AvgIpc) is 3.37. The van der Waals surface area contributed by atoms with Gasteiger partial charge in [0.2, 0.25) is 0 Å². The molecule has 2 atom stereocenters. The molecule has 0 amide bonds. The first kappa shape index (κ1) is 28.2. The smallest absolute Gasteiger partial charge is 0.403 e. The second-order valence-corrected chi connectivity index (χ2v) is 12.9. The lowest BCUT2D eigenvalue weighted by Gasteiger charge is -2.32. The van der Waals surface area contributed by atoms with Crippen molar-refractivity contribution >= 4 is 25.1 Å². The van der Waals surface area contributed by atoms with Crippen molar-refractivity contribution in [2.75, 3.05) is 0 Å². The number of nitrogens with zero attached hydrogens (tertiary/aromatic N) is 2. The minimum atomic E-state index is -0.472. The Morgan fingerprint density at radius 3 is 2.03 bits per heavy atom. The number of benzene rings is 1. The van der Waals surface area contributed by atoms with E-state index in [1.165, 1.54) is 10.9 Å². The monoisotopic (exact) mass is 506 g/mol. The van der Waals surface area contributed by atoms with Gasteiger partial charge in [-0.2, -0.15) is 5.26 Å². The maximum atomic E-state index is 10.3. The van der Waals surface area contributed by atoms with Crippen LogP contribution in [0.1, 0.15) is 81.1 Å². The molecule has 2 aliphatic heterocycles. The van der Waals surface area contributed by atoms with Crippen LogP contribution in [-0.4, -0.2) is 41.2 Å². The molecule has 1 aromatic heterocycles. The lowest BCUT2D eigenvalue weighted by atomic mass is 9.55. The van der Waals surface area contributed by atoms with Crippen molar-refractivity contribution in [2.24, 2.45) is 5.92 Å². The van der Waals surface area contributed by atoms with E-state index in [0.29, 0.717) is 6.32 Å². The predicted octanol–water partition coefficient (Wildman–Crippen LogP) is 6.90. The molecule has 0 radical (unpaired) electrons. The summed E-state index contributed by atoms with van der Waals surface area (Å²) in [6, 6.07) is 13.3. The highest BCUT2D eigenvalue weighted by atomic mass is 16.7. The van der Waals surface area contributed by atoms with Gasteiger partial charge >= 0.3 is 14.2 Å². The molecule has 2 aromatic rings. The Morgan fingerprint density at radius 2 is 1.41 bits per heavy atom. The summed E-state index contributed by atoms with van der Waals surface area (Å²) in [4.78, 5) is 0. The van der Waals surface area contributed by atoms with Gasteiger partial charge in [-0.25, -0.2) is 0 Å². The topological polar surface area (TPSA) is 65.6 Å². The zero-order chi connectivity index (χ0) is 27.1. The van der Waals surface area contributed by atoms with Crippen molar-refractivity contribution in [3.63, 3.8) is 0 Å². The fraction of sp³-hybridized carbons (Fsp3) is 0.690. The van der Waals surface area contributed by atoms with Crippen LogP contribution in [0.4, 0.5) is 0 Å². The zero-order valence-corrected chi connectivity index (χ0v) is 24.0. The van der Waals surface area contributed by atoms with E-state index >= 15 is 0 Å². The number of nitriles is 1. The van der Waals surface area contributed by atoms with Gasteiger partial charge in [0, 0.05) is 30.0 Å². The largest absolute Gasteiger partial charge is 0.461 e. The van der Waals surface area contributed by atoms with Crippen molar-refractivity contribution in [3.05, 3.63) is 36.5 Å². The molecule has 0 spiro atoms. The maximum Gasteiger partial charge on any atom is 0.461 e. The standard InChI is InChI=1S/C29H44B2N2O4/c1-26(2)27(3,4)35-30(34-26)20-24(31-36-28(5,6)29(7,8)37-31)23(21-32)15-10-9-13-18-33-19-17-22-14-11-12-16-25(22)33/h11-12,14,16-17,19,23-24H,9-10,13,15,18,20H2,1-8H3. The summed E-state index contributed by atoms with van der Waals surface area (Å²) < 4.78 is 27.9. The Bertz CT molecular complexity index is 1090. The van der Waals surface area contributed by atoms with Crippen LogP contribution in [0.15, 0.2) is 36.5 Å². The summed E-state index contributed by atoms with van der Waals surface area (Å²) in [6.45, 7) is 17.5. The molecule has 0 N–H and O–H groups in total. The molecular formula is C29H44B2N2O4. The van der Waals surface area contributed by atoms with Crippen LogP contribution in [0.25, 0.3) is 10.9 Å². The third kappa shape index (κ3) is 5.81. The second kappa shape index (κ2) is 10.4. The lowest BCUT2D eigenvalue weighted by molar-refractivity contribution is 0.00578. The highest BCUT2D eigenvalue weighted by Crippen LogP contribution is 2.47. The summed E-state index contributed by atoms with van der Waals surface area (Å²) in [5.41, 5.74) is -0.455. The van der Waals surface area contributed by atoms with Crippen molar-refractivity contribution in [1.29, 1.82) is 5.26 Å². The molecule has 2 unspecified atom stereocenters. The average molecular weight is 506 g/mol. The van der Waals surface area contributed by atoms with Gasteiger partial charge in [0.15, 0.2) is 0 Å². The molecule has 0 aliphatic carbocycles. The number of para-hydroxylation sites is 1. The minimum Gasteiger partial charge on any atom is -0.403 e. The maximum absolute atomic E-state index is 10.3. The summed E-state index contributed by atoms with van der Waals surface area (Å²) in [5, 5.41) is 11.6. The van der Waals surface area contributed by atoms with Gasteiger partial charge in [0.25, 0.3) is 0 Å². The third-order valence-electron chi connectivity index (χ3n) is 9.16. The van der Waals surface area contributed by atoms with Crippen LogP contribution >= 0.6 is 0 Å². The Morgan fingerprint density at radius 1 is 0.811 bits per heavy atom. The van der Waals surface area contributed by atoms with Gasteiger partial charge in [0.1, 0.15) is 0 Å². The highest BCUT2D eigenvalue weighted by Gasteiger charge is 2.58. The first-order valence-corrected chi connectivity index (χ1v) is 13.9. The van der Waals surface area contributed by atoms with E-state index in [0.717, 1.165) is 32.2 Å². The molecule has 2 fully saturated rings. The van der Waals surface area contributed by atoms with Crippen LogP contribution in [0.2, 0.25) is 12.1 Å². The van der Waals surface area contributed by atoms with Crippen LogP contribution in [0.5, 0.6) is 0 Å². The fourth-order valence-corrected chi connectivity index (χ4v) is 5.35. The summed E-state index contributed by atoms with van der Waals surface area (Å²) in [5.74, 6) is -0.352. The highest BCUT2D eigenvalue weighted by molar-refractivity contribution is 6.53. The summed E-state index contributed by atoms with van der Waals surface area (Å²) in [7, 11) is -0.869. The molecule has 8 heteroatoms. The molecule has 2 saturated heterocycles. The molecule has 200 valence electrons. The molecule has 2 aliphatic rings. The van der Waals surface area contributed by atoms with E-state index in [-0.39, 0.29) is 11.7 Å². The number of hydrogen-bond acceptors (Lipinski definition) is 5. The van der Waals surface area contributed by atoms with E-state index in [1.54, 1.807) is 0 Å². The van der Waals surface area contributed by atoms with E-state index in [2.05, 4.69) is 103 Å². The lowest BCUT2D eigenvalue weighted by Crippen LogP contribution is -2.41. The number of unbranched alkanes of at least 4 members (excludes halogenated alkanes) is 2. The quantitative estimate of drug-likeness (QED) is 0.259. The molecule has 37 heavy (non-hydrogen) atoms. The number of aryl methyl sites for hydroxylation is 1. The van der Waals surface area contributed by atoms with Crippen LogP contribution < -0.4 is 0 Å². The first-order valence-electron chi connectivity index (χ1n) is 13.9. The molecular weight excluding hydrogens is 462 g/mol. The van der Waals surface area contributed by atoms with Gasteiger partial charge < -0.3 is 23.2 Å². The van der Waals surface area contributed by atoms with Gasteiger partial charge in [-0.3, -0.25) is 0 Å². The summed E-state index contributed by atoms with van der Waals surface area (Å²) >= 11 is 0. The van der Waals surface area contributed by atoms with Crippen molar-refractivity contribution in [3.8, 4) is 6.07 Å². The fourth-order valence-electron chi connectivity index (χ4n) is 5.35. The van der Waals surface area contributed by atoms with Gasteiger partial charge in [-0.1, -0.05) is 31.0 Å². The molecule has 4 rings (SSSR count). The molecule has 1 aromatic carbocycles. The number of hydrogen-bond donors (Lipinski definition) is 0. The van der Waals surface area contributed by atoms with Gasteiger partial charge in [-0.05, 0) is 92.1 Å². The van der Waals surface area contributed by atoms with E-state index in [1.807, 2.05) is 0 Å². The second-order valence-electron chi connectivity index (χ2n) is 12.9. The Hall–Kier alpha value is -1.78. The predicted molar refractivity (Wildman–Crippen MR) is 150 cm³/mol. The number of rotatable bonds is 10. The van der Waals surface area contributed by atoms with Crippen molar-refractivity contribution in [1.82, 2.24) is 4.57 Å². The van der Waals surface area contributed by atoms with E-state index in [9.17, 15) is 5.26 Å². The Balaban J connectivity index is 1.39. The van der Waals surface area contributed by atoms with Gasteiger partial charge in [0.05, 0.1) is 28.5 Å². The van der Waals surface area contributed by atoms with E-state index in [4.69, 9.17) is 18.6 Å². The SMILES string of the molecule is CC1(C)OB(CC(B2OC(C)(C)C(C)(C)O2)C(C#N)CCCCCn2ccc3ccccc32)OC1(C)C. The van der Waals surface area contributed by atoms with E-state index < -0.39 is 36.6 Å². The third-order valence-corrected chi connectivity index (χ3v) is 9.16. The first-order chi connectivity index (χ1) is 17.3. The van der Waals surface area contributed by atoms with Crippen LogP contribution in [-0.2, 0) is 25.2 Å². The molecule has 3 heterocycles. The van der Waals surface area contributed by atoms with Crippen LogP contribution in [0.3, 0.4) is 0 Å². The molecule has 0 bridgehead atoms. The van der Waals surface area contributed by atoms with Crippen LogP contribution in [0, 0.1) is 17.2 Å². The molecule has 6 nitrogen and oxygen atoms in total. The number of aromatic nitrogens is 1. The number of fused-ring (bicyclic) bond motifs is 1.